The minimum Gasteiger partial charge on any atom is -0.462 e. The highest BCUT2D eigenvalue weighted by Crippen LogP contribution is 2.30. The van der Waals surface area contributed by atoms with Crippen molar-refractivity contribution in [2.45, 2.75) is 6.92 Å². The third-order valence-corrected chi connectivity index (χ3v) is 3.91. The number of aromatic nitrogens is 3. The molecule has 3 aromatic rings. The van der Waals surface area contributed by atoms with Crippen molar-refractivity contribution in [3.8, 4) is 0 Å². The molecule has 1 aliphatic heterocycles. The number of benzene rings is 1. The van der Waals surface area contributed by atoms with Crippen molar-refractivity contribution in [1.82, 2.24) is 15.0 Å². The molecule has 8 nitrogen and oxygen atoms in total. The van der Waals surface area contributed by atoms with Crippen LogP contribution in [0.1, 0.15) is 22.8 Å². The maximum atomic E-state index is 12.2. The number of para-hydroxylation sites is 2. The molecule has 0 bridgehead atoms. The lowest BCUT2D eigenvalue weighted by molar-refractivity contribution is -0.110. The van der Waals surface area contributed by atoms with E-state index in [4.69, 9.17) is 4.74 Å². The predicted molar refractivity (Wildman–Crippen MR) is 96.5 cm³/mol. The largest absolute Gasteiger partial charge is 0.462 e. The number of hydrogen-bond acceptors (Lipinski definition) is 6. The Bertz CT molecular complexity index is 1020. The highest BCUT2D eigenvalue weighted by Gasteiger charge is 2.27. The predicted octanol–water partition coefficient (Wildman–Crippen LogP) is 2.54. The molecule has 0 radical (unpaired) electrons. The zero-order chi connectivity index (χ0) is 18.1. The summed E-state index contributed by atoms with van der Waals surface area (Å²) in [5, 5.41) is 5.66. The van der Waals surface area contributed by atoms with Crippen LogP contribution in [0.25, 0.3) is 16.6 Å². The van der Waals surface area contributed by atoms with Gasteiger partial charge in [0.25, 0.3) is 5.91 Å². The number of imidazole rings is 1. The monoisotopic (exact) mass is 349 g/mol. The van der Waals surface area contributed by atoms with E-state index < -0.39 is 5.97 Å². The van der Waals surface area contributed by atoms with Crippen LogP contribution >= 0.6 is 0 Å². The van der Waals surface area contributed by atoms with Crippen LogP contribution in [0.4, 0.5) is 11.8 Å². The molecule has 0 unspecified atom stereocenters. The maximum absolute atomic E-state index is 12.2. The molecule has 0 spiro atoms. The number of nitrogens with zero attached hydrogens (tertiary/aromatic N) is 2. The summed E-state index contributed by atoms with van der Waals surface area (Å²) in [4.78, 5) is 35.8. The average Bonchev–Trinajstić information content (AvgIpc) is 3.19. The van der Waals surface area contributed by atoms with Crippen LogP contribution in [-0.2, 0) is 9.53 Å². The Labute approximate surface area is 148 Å². The minimum absolute atomic E-state index is 0.267. The number of aromatic amines is 1. The van der Waals surface area contributed by atoms with E-state index in [1.165, 1.54) is 12.4 Å². The topological polar surface area (TPSA) is 109 Å². The average molecular weight is 349 g/mol. The van der Waals surface area contributed by atoms with Crippen LogP contribution in [0.3, 0.4) is 0 Å². The second kappa shape index (κ2) is 6.32. The van der Waals surface area contributed by atoms with E-state index in [-0.39, 0.29) is 18.1 Å². The van der Waals surface area contributed by atoms with E-state index in [9.17, 15) is 9.59 Å². The molecule has 130 valence electrons. The number of hydrogen-bond donors (Lipinski definition) is 3. The van der Waals surface area contributed by atoms with Crippen LogP contribution in [-0.4, -0.2) is 33.4 Å². The molecule has 1 amide bonds. The van der Waals surface area contributed by atoms with Gasteiger partial charge in [-0.05, 0) is 25.1 Å². The Morgan fingerprint density at radius 3 is 3.00 bits per heavy atom. The van der Waals surface area contributed by atoms with E-state index in [2.05, 4.69) is 25.6 Å². The lowest BCUT2D eigenvalue weighted by Crippen LogP contribution is -2.06. The lowest BCUT2D eigenvalue weighted by atomic mass is 10.1. The van der Waals surface area contributed by atoms with Gasteiger partial charge in [-0.25, -0.2) is 14.8 Å². The summed E-state index contributed by atoms with van der Waals surface area (Å²) in [6.07, 6.45) is 2.92. The van der Waals surface area contributed by atoms with E-state index in [0.29, 0.717) is 22.9 Å². The molecular formula is C18H15N5O3. The van der Waals surface area contributed by atoms with Gasteiger partial charge in [-0.15, -0.1) is 0 Å². The van der Waals surface area contributed by atoms with Gasteiger partial charge in [0, 0.05) is 18.0 Å². The first-order valence-electron chi connectivity index (χ1n) is 8.06. The number of fused-ring (bicyclic) bond motifs is 2. The van der Waals surface area contributed by atoms with Gasteiger partial charge in [0.05, 0.1) is 28.8 Å². The van der Waals surface area contributed by atoms with Gasteiger partial charge in [-0.3, -0.25) is 4.79 Å². The first-order chi connectivity index (χ1) is 12.7. The molecule has 26 heavy (non-hydrogen) atoms. The van der Waals surface area contributed by atoms with E-state index in [1.54, 1.807) is 13.0 Å². The molecule has 0 saturated carbocycles. The molecule has 0 saturated heterocycles. The number of carbonyl (C=O) groups excluding carboxylic acids is 2. The van der Waals surface area contributed by atoms with Gasteiger partial charge in [-0.2, -0.15) is 0 Å². The Kier molecular flexibility index (Phi) is 3.85. The standard InChI is InChI=1S/C18H15N5O3/c1-2-26-17(25)10-7-11-12(16(24)23-15(11)19-8-10)9-20-18-21-13-5-3-4-6-14(13)22-18/h3-9H,2H2,1H3,(H,19,23,24)(H2,20,21,22). The Balaban J connectivity index is 1.64. The van der Waals surface area contributed by atoms with E-state index in [0.717, 1.165) is 11.0 Å². The first-order valence-corrected chi connectivity index (χ1v) is 8.06. The zero-order valence-electron chi connectivity index (χ0n) is 13.9. The second-order valence-electron chi connectivity index (χ2n) is 5.60. The minimum atomic E-state index is -0.480. The number of H-pyrrole nitrogens is 1. The number of anilines is 2. The Morgan fingerprint density at radius 1 is 1.35 bits per heavy atom. The molecule has 0 atom stereocenters. The van der Waals surface area contributed by atoms with Crippen LogP contribution in [0.2, 0.25) is 0 Å². The summed E-state index contributed by atoms with van der Waals surface area (Å²) >= 11 is 0. The summed E-state index contributed by atoms with van der Waals surface area (Å²) in [5.74, 6) is 0.124. The Hall–Kier alpha value is -3.68. The maximum Gasteiger partial charge on any atom is 0.339 e. The fraction of sp³-hybridized carbons (Fsp3) is 0.111. The summed E-state index contributed by atoms with van der Waals surface area (Å²) < 4.78 is 4.98. The van der Waals surface area contributed by atoms with Gasteiger partial charge < -0.3 is 20.4 Å². The molecule has 3 heterocycles. The van der Waals surface area contributed by atoms with Gasteiger partial charge in [0.1, 0.15) is 5.82 Å². The normalized spacial score (nSPS) is 14.3. The van der Waals surface area contributed by atoms with Gasteiger partial charge in [0.2, 0.25) is 5.95 Å². The molecule has 1 aromatic carbocycles. The van der Waals surface area contributed by atoms with Crippen molar-refractivity contribution in [1.29, 1.82) is 0 Å². The molecule has 8 heteroatoms. The first kappa shape index (κ1) is 15.8. The third kappa shape index (κ3) is 2.77. The van der Waals surface area contributed by atoms with Gasteiger partial charge >= 0.3 is 5.97 Å². The molecule has 0 aliphatic carbocycles. The van der Waals surface area contributed by atoms with Gasteiger partial charge in [0.15, 0.2) is 0 Å². The van der Waals surface area contributed by atoms with Crippen molar-refractivity contribution in [2.75, 3.05) is 17.2 Å². The Morgan fingerprint density at radius 2 is 2.19 bits per heavy atom. The van der Waals surface area contributed by atoms with Crippen molar-refractivity contribution in [3.63, 3.8) is 0 Å². The van der Waals surface area contributed by atoms with Crippen LogP contribution < -0.4 is 10.6 Å². The fourth-order valence-corrected chi connectivity index (χ4v) is 2.70. The number of rotatable bonds is 4. The molecular weight excluding hydrogens is 334 g/mol. The van der Waals surface area contributed by atoms with E-state index >= 15 is 0 Å². The number of amides is 1. The molecule has 3 N–H and O–H groups in total. The highest BCUT2D eigenvalue weighted by molar-refractivity contribution is 6.31. The highest BCUT2D eigenvalue weighted by atomic mass is 16.5. The molecule has 2 aromatic heterocycles. The van der Waals surface area contributed by atoms with E-state index in [1.807, 2.05) is 24.3 Å². The van der Waals surface area contributed by atoms with Gasteiger partial charge in [-0.1, -0.05) is 12.1 Å². The zero-order valence-corrected chi connectivity index (χ0v) is 13.9. The SMILES string of the molecule is CCOC(=O)c1cnc2c(c1)C(=CNc1nc3ccccc3[nH]1)C(=O)N2. The molecule has 0 fully saturated rings. The quantitative estimate of drug-likeness (QED) is 0.493. The van der Waals surface area contributed by atoms with Crippen LogP contribution in [0.5, 0.6) is 0 Å². The van der Waals surface area contributed by atoms with Crippen LogP contribution in [0.15, 0.2) is 42.7 Å². The molecule has 4 rings (SSSR count). The van der Waals surface area contributed by atoms with Crippen LogP contribution in [0, 0.1) is 0 Å². The third-order valence-electron chi connectivity index (χ3n) is 3.91. The fourth-order valence-electron chi connectivity index (χ4n) is 2.70. The van der Waals surface area contributed by atoms with Crippen molar-refractivity contribution in [3.05, 3.63) is 53.9 Å². The molecule has 1 aliphatic rings. The summed E-state index contributed by atoms with van der Waals surface area (Å²) in [7, 11) is 0. The smallest absolute Gasteiger partial charge is 0.339 e. The van der Waals surface area contributed by atoms with Crippen molar-refractivity contribution < 1.29 is 14.3 Å². The number of carbonyl (C=O) groups is 2. The summed E-state index contributed by atoms with van der Waals surface area (Å²) in [6, 6.07) is 9.19. The summed E-state index contributed by atoms with van der Waals surface area (Å²) in [5.41, 5.74) is 2.88. The number of pyridine rings is 1. The number of nitrogens with one attached hydrogen (secondary N) is 3. The van der Waals surface area contributed by atoms with Crippen molar-refractivity contribution in [2.24, 2.45) is 0 Å². The van der Waals surface area contributed by atoms with Crippen molar-refractivity contribution >= 4 is 40.2 Å². The number of ether oxygens (including phenoxy) is 1. The second-order valence-corrected chi connectivity index (χ2v) is 5.60. The summed E-state index contributed by atoms with van der Waals surface area (Å²) in [6.45, 7) is 2.00. The number of esters is 1. The lowest BCUT2D eigenvalue weighted by Gasteiger charge is -2.03.